The number of aryl methyl sites for hydroxylation is 1. The van der Waals surface area contributed by atoms with Gasteiger partial charge in [0.2, 0.25) is 0 Å². The van der Waals surface area contributed by atoms with Crippen LogP contribution in [0.5, 0.6) is 0 Å². The summed E-state index contributed by atoms with van der Waals surface area (Å²) in [4.78, 5) is 9.11. The van der Waals surface area contributed by atoms with E-state index in [2.05, 4.69) is 33.0 Å². The van der Waals surface area contributed by atoms with Gasteiger partial charge in [0.1, 0.15) is 0 Å². The number of aromatic nitrogens is 1. The van der Waals surface area contributed by atoms with Gasteiger partial charge in [-0.25, -0.2) is 0 Å². The van der Waals surface area contributed by atoms with Gasteiger partial charge in [0.15, 0.2) is 0 Å². The second-order valence-electron chi connectivity index (χ2n) is 5.85. The number of hydrogen-bond donors (Lipinski definition) is 1. The highest BCUT2D eigenvalue weighted by atomic mass is 15.3. The van der Waals surface area contributed by atoms with Crippen LogP contribution in [0, 0.1) is 0 Å². The normalized spacial score (nSPS) is 15.9. The van der Waals surface area contributed by atoms with Crippen LogP contribution in [0.25, 0.3) is 0 Å². The minimum atomic E-state index is 0.882. The predicted octanol–water partition coefficient (Wildman–Crippen LogP) is 2.42. The van der Waals surface area contributed by atoms with E-state index in [1.165, 1.54) is 17.7 Å². The SMILES string of the molecule is Nc1ccccc1N1CCN(CCCc2cccnc2)CC1. The number of pyridine rings is 1. The average molecular weight is 296 g/mol. The highest BCUT2D eigenvalue weighted by molar-refractivity contribution is 5.67. The fraction of sp³-hybridized carbons (Fsp3) is 0.389. The van der Waals surface area contributed by atoms with E-state index in [-0.39, 0.29) is 0 Å². The summed E-state index contributed by atoms with van der Waals surface area (Å²) in [5.74, 6) is 0. The molecule has 0 aliphatic carbocycles. The lowest BCUT2D eigenvalue weighted by Gasteiger charge is -2.36. The van der Waals surface area contributed by atoms with Crippen molar-refractivity contribution in [1.29, 1.82) is 0 Å². The summed E-state index contributed by atoms with van der Waals surface area (Å²) in [6, 6.07) is 12.3. The second kappa shape index (κ2) is 7.27. The van der Waals surface area contributed by atoms with E-state index < -0.39 is 0 Å². The van der Waals surface area contributed by atoms with Crippen LogP contribution < -0.4 is 10.6 Å². The first-order valence-corrected chi connectivity index (χ1v) is 8.03. The highest BCUT2D eigenvalue weighted by Gasteiger charge is 2.17. The lowest BCUT2D eigenvalue weighted by molar-refractivity contribution is 0.255. The smallest absolute Gasteiger partial charge is 0.0600 e. The maximum atomic E-state index is 6.07. The summed E-state index contributed by atoms with van der Waals surface area (Å²) >= 11 is 0. The quantitative estimate of drug-likeness (QED) is 0.861. The third-order valence-electron chi connectivity index (χ3n) is 4.31. The van der Waals surface area contributed by atoms with Crippen molar-refractivity contribution in [3.8, 4) is 0 Å². The zero-order chi connectivity index (χ0) is 15.2. The van der Waals surface area contributed by atoms with Crippen molar-refractivity contribution in [1.82, 2.24) is 9.88 Å². The van der Waals surface area contributed by atoms with Crippen molar-refractivity contribution in [2.45, 2.75) is 12.8 Å². The molecule has 1 fully saturated rings. The molecule has 4 heteroatoms. The van der Waals surface area contributed by atoms with E-state index in [9.17, 15) is 0 Å². The summed E-state index contributed by atoms with van der Waals surface area (Å²) in [6.07, 6.45) is 6.10. The van der Waals surface area contributed by atoms with Crippen LogP contribution in [-0.4, -0.2) is 42.6 Å². The third kappa shape index (κ3) is 3.77. The van der Waals surface area contributed by atoms with Gasteiger partial charge < -0.3 is 10.6 Å². The molecule has 0 saturated carbocycles. The number of nitrogens with zero attached hydrogens (tertiary/aromatic N) is 3. The van der Waals surface area contributed by atoms with E-state index in [1.807, 2.05) is 30.6 Å². The molecule has 1 aliphatic rings. The maximum absolute atomic E-state index is 6.07. The van der Waals surface area contributed by atoms with E-state index >= 15 is 0 Å². The fourth-order valence-corrected chi connectivity index (χ4v) is 3.04. The van der Waals surface area contributed by atoms with Crippen LogP contribution in [0.4, 0.5) is 11.4 Å². The van der Waals surface area contributed by atoms with E-state index in [0.29, 0.717) is 0 Å². The van der Waals surface area contributed by atoms with Crippen LogP contribution in [0.3, 0.4) is 0 Å². The number of anilines is 2. The highest BCUT2D eigenvalue weighted by Crippen LogP contribution is 2.23. The number of rotatable bonds is 5. The summed E-state index contributed by atoms with van der Waals surface area (Å²) < 4.78 is 0. The zero-order valence-electron chi connectivity index (χ0n) is 13.0. The molecule has 2 N–H and O–H groups in total. The van der Waals surface area contributed by atoms with Crippen LogP contribution >= 0.6 is 0 Å². The number of piperazine rings is 1. The third-order valence-corrected chi connectivity index (χ3v) is 4.31. The van der Waals surface area contributed by atoms with Crippen molar-refractivity contribution in [2.75, 3.05) is 43.4 Å². The molecule has 1 aliphatic heterocycles. The first-order chi connectivity index (χ1) is 10.8. The Labute approximate surface area is 132 Å². The van der Waals surface area contributed by atoms with E-state index in [4.69, 9.17) is 5.73 Å². The van der Waals surface area contributed by atoms with Crippen LogP contribution in [0.2, 0.25) is 0 Å². The molecule has 2 aromatic rings. The first kappa shape index (κ1) is 14.9. The molecule has 1 aromatic carbocycles. The average Bonchev–Trinajstić information content (AvgIpc) is 2.57. The Hall–Kier alpha value is -2.07. The van der Waals surface area contributed by atoms with Gasteiger partial charge in [0.25, 0.3) is 0 Å². The van der Waals surface area contributed by atoms with Gasteiger partial charge in [-0.1, -0.05) is 18.2 Å². The number of para-hydroxylation sites is 2. The van der Waals surface area contributed by atoms with Gasteiger partial charge in [-0.05, 0) is 43.1 Å². The molecule has 22 heavy (non-hydrogen) atoms. The molecule has 0 atom stereocenters. The van der Waals surface area contributed by atoms with Crippen molar-refractivity contribution in [2.24, 2.45) is 0 Å². The van der Waals surface area contributed by atoms with E-state index in [1.54, 1.807) is 0 Å². The van der Waals surface area contributed by atoms with Gasteiger partial charge in [0.05, 0.1) is 11.4 Å². The molecule has 1 aromatic heterocycles. The Balaban J connectivity index is 1.43. The predicted molar refractivity (Wildman–Crippen MR) is 92.1 cm³/mol. The molecule has 0 amide bonds. The molecule has 0 bridgehead atoms. The number of benzene rings is 1. The molecule has 0 radical (unpaired) electrons. The molecule has 0 spiro atoms. The molecule has 116 valence electrons. The van der Waals surface area contributed by atoms with Crippen LogP contribution in [0.15, 0.2) is 48.8 Å². The van der Waals surface area contributed by atoms with Gasteiger partial charge in [-0.15, -0.1) is 0 Å². The topological polar surface area (TPSA) is 45.4 Å². The molecular formula is C18H24N4. The minimum absolute atomic E-state index is 0.882. The lowest BCUT2D eigenvalue weighted by Crippen LogP contribution is -2.46. The van der Waals surface area contributed by atoms with Gasteiger partial charge in [-0.2, -0.15) is 0 Å². The molecule has 2 heterocycles. The van der Waals surface area contributed by atoms with Gasteiger partial charge >= 0.3 is 0 Å². The molecular weight excluding hydrogens is 272 g/mol. The number of nitrogen functional groups attached to an aromatic ring is 1. The number of nitrogens with two attached hydrogens (primary N) is 1. The van der Waals surface area contributed by atoms with E-state index in [0.717, 1.165) is 44.8 Å². The summed E-state index contributed by atoms with van der Waals surface area (Å²) in [5, 5.41) is 0. The zero-order valence-corrected chi connectivity index (χ0v) is 13.0. The van der Waals surface area contributed by atoms with Gasteiger partial charge in [0, 0.05) is 38.6 Å². The van der Waals surface area contributed by atoms with Crippen molar-refractivity contribution in [3.63, 3.8) is 0 Å². The van der Waals surface area contributed by atoms with Crippen LogP contribution in [-0.2, 0) is 6.42 Å². The molecule has 4 nitrogen and oxygen atoms in total. The Morgan fingerprint density at radius 3 is 2.55 bits per heavy atom. The maximum Gasteiger partial charge on any atom is 0.0600 e. The standard InChI is InChI=1S/C18H24N4/c19-17-7-1-2-8-18(17)22-13-11-21(12-14-22)10-4-6-16-5-3-9-20-15-16/h1-3,5,7-9,15H,4,6,10-14,19H2. The summed E-state index contributed by atoms with van der Waals surface area (Å²) in [7, 11) is 0. The Morgan fingerprint density at radius 1 is 1.00 bits per heavy atom. The monoisotopic (exact) mass is 296 g/mol. The fourth-order valence-electron chi connectivity index (χ4n) is 3.04. The second-order valence-corrected chi connectivity index (χ2v) is 5.85. The Kier molecular flexibility index (Phi) is 4.91. The number of hydrogen-bond acceptors (Lipinski definition) is 4. The Morgan fingerprint density at radius 2 is 1.82 bits per heavy atom. The first-order valence-electron chi connectivity index (χ1n) is 8.03. The Bertz CT molecular complexity index is 577. The van der Waals surface area contributed by atoms with Gasteiger partial charge in [-0.3, -0.25) is 9.88 Å². The van der Waals surface area contributed by atoms with Crippen LogP contribution in [0.1, 0.15) is 12.0 Å². The lowest BCUT2D eigenvalue weighted by atomic mass is 10.1. The summed E-state index contributed by atoms with van der Waals surface area (Å²) in [5.41, 5.74) is 9.46. The van der Waals surface area contributed by atoms with Crippen molar-refractivity contribution >= 4 is 11.4 Å². The minimum Gasteiger partial charge on any atom is -0.397 e. The molecule has 3 rings (SSSR count). The summed E-state index contributed by atoms with van der Waals surface area (Å²) in [6.45, 7) is 5.50. The largest absolute Gasteiger partial charge is 0.397 e. The van der Waals surface area contributed by atoms with Crippen molar-refractivity contribution < 1.29 is 0 Å². The molecule has 0 unspecified atom stereocenters. The van der Waals surface area contributed by atoms with Crippen molar-refractivity contribution in [3.05, 3.63) is 54.4 Å². The molecule has 1 saturated heterocycles.